The molecule has 0 spiro atoms. The Morgan fingerprint density at radius 2 is 1.01 bits per heavy atom. The molecule has 1 heterocycles. The monoisotopic (exact) mass is 1540 g/mol. The summed E-state index contributed by atoms with van der Waals surface area (Å²) < 4.78 is 171. The molecule has 15 N–H and O–H groups in total. The maximum Gasteiger partial charge on any atom is 0.422 e. The summed E-state index contributed by atoms with van der Waals surface area (Å²) in [6.07, 6.45) is -9.45. The number of likely N-dealkylation sites (N-methyl/N-ethyl adjacent to an activating group) is 1. The number of carbonyl (C=O) groups is 10. The molecule has 1 aliphatic carbocycles. The molecule has 9 amide bonds. The molecule has 576 valence electrons. The van der Waals surface area contributed by atoms with Crippen molar-refractivity contribution in [3.05, 3.63) is 35.9 Å². The lowest BCUT2D eigenvalue weighted by molar-refractivity contribution is -0.144. The van der Waals surface area contributed by atoms with Crippen LogP contribution in [0.15, 0.2) is 30.3 Å². The number of sulfonamides is 1. The first-order chi connectivity index (χ1) is 47.4. The molecule has 2 fully saturated rings. The average Bonchev–Trinajstić information content (AvgIpc) is 0.776. The zero-order valence-corrected chi connectivity index (χ0v) is 61.1. The number of β-lactam (4-membered cyclic amide) rings is 1. The van der Waals surface area contributed by atoms with E-state index in [2.05, 4.69) is 45.5 Å². The van der Waals surface area contributed by atoms with Crippen LogP contribution in [0.25, 0.3) is 0 Å². The van der Waals surface area contributed by atoms with Crippen molar-refractivity contribution in [2.24, 2.45) is 29.4 Å². The molecular weight excluding hydrogens is 1450 g/mol. The Bertz CT molecular complexity index is 3520. The Morgan fingerprint density at radius 3 is 1.45 bits per heavy atom. The number of carbonyl (C=O) groups excluding carboxylic acids is 10. The third-order valence-corrected chi connectivity index (χ3v) is 21.2. The Labute approximate surface area is 588 Å². The van der Waals surface area contributed by atoms with E-state index in [0.717, 1.165) is 0 Å². The largest absolute Gasteiger partial charge is 0.442 e. The number of nitrogens with one attached hydrogen (secondary N) is 13. The van der Waals surface area contributed by atoms with Crippen molar-refractivity contribution in [2.75, 3.05) is 114 Å². The van der Waals surface area contributed by atoms with E-state index in [1.807, 2.05) is 18.6 Å². The van der Waals surface area contributed by atoms with Crippen LogP contribution < -0.4 is 70.1 Å². The Hall–Kier alpha value is -7.09. The molecule has 0 bridgehead atoms. The summed E-state index contributed by atoms with van der Waals surface area (Å²) in [5.74, 6) is -14.4. The van der Waals surface area contributed by atoms with Gasteiger partial charge >= 0.3 is 59.1 Å². The predicted molar refractivity (Wildman–Crippen MR) is 358 cm³/mol. The third kappa shape index (κ3) is 32.4. The summed E-state index contributed by atoms with van der Waals surface area (Å²) in [7, 11) is -16.9. The first kappa shape index (κ1) is 88.1. The van der Waals surface area contributed by atoms with Gasteiger partial charge in [-0.2, -0.15) is 52.6 Å². The topological polar surface area (TPSA) is 576 Å². The van der Waals surface area contributed by atoms with Crippen LogP contribution in [0.1, 0.15) is 84.1 Å². The Kier molecular flexibility index (Phi) is 37.6. The van der Waals surface area contributed by atoms with E-state index in [0.29, 0.717) is 42.0 Å². The van der Waals surface area contributed by atoms with Gasteiger partial charge in [-0.05, 0) is 58.2 Å². The number of amides is 9. The zero-order valence-electron chi connectivity index (χ0n) is 57.1. The van der Waals surface area contributed by atoms with E-state index in [1.54, 1.807) is 70.4 Å². The number of ether oxygens (including phenoxy) is 5. The van der Waals surface area contributed by atoms with Crippen molar-refractivity contribution in [1.82, 2.24) is 73.6 Å². The molecule has 8 atom stereocenters. The molecular formula is C55H96N16O25S5. The minimum Gasteiger partial charge on any atom is -0.442 e. The summed E-state index contributed by atoms with van der Waals surface area (Å²) in [6.45, 7) is -0.971. The van der Waals surface area contributed by atoms with Gasteiger partial charge in [-0.3, -0.25) is 33.6 Å². The van der Waals surface area contributed by atoms with Crippen molar-refractivity contribution in [2.45, 2.75) is 115 Å². The van der Waals surface area contributed by atoms with Gasteiger partial charge in [-0.15, -0.1) is 0 Å². The number of nitrogens with two attached hydrogens (primary N) is 1. The smallest absolute Gasteiger partial charge is 0.422 e. The van der Waals surface area contributed by atoms with Gasteiger partial charge < -0.3 is 60.9 Å². The van der Waals surface area contributed by atoms with Crippen molar-refractivity contribution in [3.8, 4) is 0 Å². The number of hydrogen-bond acceptors (Lipinski definition) is 27. The van der Waals surface area contributed by atoms with E-state index in [1.165, 1.54) is 14.2 Å². The third-order valence-electron chi connectivity index (χ3n) is 14.9. The van der Waals surface area contributed by atoms with Gasteiger partial charge in [0.1, 0.15) is 35.4 Å². The van der Waals surface area contributed by atoms with Crippen molar-refractivity contribution >= 4 is 110 Å². The molecule has 46 heteroatoms. The number of hydrogen-bond donors (Lipinski definition) is 14. The molecule has 2 aliphatic rings. The van der Waals surface area contributed by atoms with Crippen LogP contribution in [0, 0.1) is 23.7 Å². The van der Waals surface area contributed by atoms with E-state index in [4.69, 9.17) is 29.4 Å². The lowest BCUT2D eigenvalue weighted by atomic mass is 9.76. The van der Waals surface area contributed by atoms with Crippen LogP contribution >= 0.6 is 0 Å². The fourth-order valence-corrected chi connectivity index (χ4v) is 14.8. The lowest BCUT2D eigenvalue weighted by Crippen LogP contribution is -2.60. The van der Waals surface area contributed by atoms with Crippen LogP contribution in [0.2, 0.25) is 0 Å². The van der Waals surface area contributed by atoms with Gasteiger partial charge in [-0.25, -0.2) is 46.0 Å². The normalized spacial score (nSPS) is 17.2. The van der Waals surface area contributed by atoms with E-state index in [-0.39, 0.29) is 52.4 Å². The quantitative estimate of drug-likeness (QED) is 0.0125. The zero-order chi connectivity index (χ0) is 75.7. The lowest BCUT2D eigenvalue weighted by Gasteiger charge is -2.38. The standard InChI is InChI=1S/C55H96N16O25S5/c1-8-14-39(15-9-2)66-97(82,83)45-27-37(47(45)73)25-43(48(74)59-32-41(31-57-46(72)16-10-3)95-55(81)68-99(86,87)63-20-23-92-6)49(75)60-33-42(96-54(80)67-98(84,85)62-19-22-70(4)5)34-61-51(77)44(26-38-35-71(52(38)78)101(90,91)64-21-24-93-7)50(76)58-30-40(28-56)94-53(79)69-100(88,89)65-29-36-17-12-11-13-18-36/h11-13,17-18,37-45,62-66H,8-10,14-16,19-35,56H2,1-7H3,(H,57,72)(H,58,76)(H,59,74)(H,60,75)(H,61,77)(H,67,80)(H,68,81)(H,69,79). The molecule has 101 heavy (non-hydrogen) atoms. The molecule has 0 radical (unpaired) electrons. The maximum absolute atomic E-state index is 14.5. The summed E-state index contributed by atoms with van der Waals surface area (Å²) in [5, 5.41) is 10.1. The van der Waals surface area contributed by atoms with Gasteiger partial charge in [0, 0.05) is 78.4 Å². The molecule has 41 nitrogen and oxygen atoms in total. The highest BCUT2D eigenvalue weighted by molar-refractivity contribution is 7.91. The molecule has 1 aromatic rings. The number of nitrogens with zero attached hydrogens (tertiary/aromatic N) is 2. The Balaban J connectivity index is 2.04. The second-order valence-corrected chi connectivity index (χ2v) is 31.4. The summed E-state index contributed by atoms with van der Waals surface area (Å²) in [5.41, 5.74) is 6.31. The van der Waals surface area contributed by atoms with Crippen molar-refractivity contribution in [1.29, 1.82) is 0 Å². The number of methoxy groups -OCH3 is 2. The number of ketones is 1. The number of Topliss-reactive ketones (excluding diaryl/α,β-unsaturated/α-hetero) is 1. The van der Waals surface area contributed by atoms with Gasteiger partial charge in [-0.1, -0.05) is 63.9 Å². The van der Waals surface area contributed by atoms with Crippen molar-refractivity contribution < 1.29 is 114 Å². The molecule has 1 aromatic carbocycles. The van der Waals surface area contributed by atoms with Crippen LogP contribution in [-0.4, -0.2) is 254 Å². The fraction of sp³-hybridized carbons (Fsp3) is 0.709. The molecule has 1 saturated heterocycles. The first-order valence-corrected chi connectivity index (χ1v) is 39.4. The summed E-state index contributed by atoms with van der Waals surface area (Å²) in [6, 6.07) is 7.63. The first-order valence-electron chi connectivity index (χ1n) is 32.0. The molecule has 8 unspecified atom stereocenters. The second kappa shape index (κ2) is 43.1. The molecule has 0 aromatic heterocycles. The minimum atomic E-state index is -4.73. The highest BCUT2D eigenvalue weighted by atomic mass is 32.2. The van der Waals surface area contributed by atoms with Gasteiger partial charge in [0.2, 0.25) is 45.5 Å². The van der Waals surface area contributed by atoms with Gasteiger partial charge in [0.05, 0.1) is 51.9 Å². The average molecular weight is 1540 g/mol. The summed E-state index contributed by atoms with van der Waals surface area (Å²) >= 11 is 0. The fourth-order valence-electron chi connectivity index (χ4n) is 9.59. The van der Waals surface area contributed by atoms with Crippen LogP contribution in [0.4, 0.5) is 14.4 Å². The van der Waals surface area contributed by atoms with Crippen LogP contribution in [-0.2, 0) is 115 Å². The van der Waals surface area contributed by atoms with E-state index in [9.17, 15) is 90.0 Å². The number of rotatable bonds is 50. The highest BCUT2D eigenvalue weighted by Crippen LogP contribution is 2.35. The minimum absolute atomic E-state index is 0.0228. The number of benzene rings is 1. The maximum atomic E-state index is 14.5. The van der Waals surface area contributed by atoms with E-state index < -0.39 is 229 Å². The Morgan fingerprint density at radius 1 is 0.574 bits per heavy atom. The highest BCUT2D eigenvalue weighted by Gasteiger charge is 2.50. The molecule has 1 saturated carbocycles. The SMILES string of the molecule is CCCC(=O)NCC(CNC(=O)C(CC1CC(S(=O)(=O)NC(CCC)CCC)C1=O)C(=O)NCC(CNC(=O)C(CC1CN(S(=O)(=O)NCCOC)C1=O)C(=O)NCC(CN)OC(=O)NS(=O)(=O)NCc1ccccc1)OC(=O)NS(=O)(=O)NCCN(C)C)OC(=O)NS(=O)(=O)NCCOC. The molecule has 3 rings (SSSR count). The van der Waals surface area contributed by atoms with Crippen LogP contribution in [0.3, 0.4) is 0 Å². The molecule has 1 aliphatic heterocycles. The van der Waals surface area contributed by atoms with Gasteiger partial charge in [0.15, 0.2) is 5.78 Å². The van der Waals surface area contributed by atoms with E-state index >= 15 is 0 Å². The predicted octanol–water partition coefficient (Wildman–Crippen LogP) is -5.68. The van der Waals surface area contributed by atoms with Crippen molar-refractivity contribution in [3.63, 3.8) is 0 Å². The second-order valence-electron chi connectivity index (χ2n) is 23.4. The van der Waals surface area contributed by atoms with Gasteiger partial charge in [0.25, 0.3) is 0 Å². The summed E-state index contributed by atoms with van der Waals surface area (Å²) in [4.78, 5) is 138. The van der Waals surface area contributed by atoms with Crippen LogP contribution in [0.5, 0.6) is 0 Å².